The number of hydrogen-bond acceptors (Lipinski definition) is 9. The average Bonchev–Trinajstić information content (AvgIpc) is 3.66. The number of ether oxygens (including phenoxy) is 2. The molecular weight excluding hydrogens is 769 g/mol. The first-order chi connectivity index (χ1) is 27.3. The molecule has 0 saturated carbocycles. The van der Waals surface area contributed by atoms with Crippen LogP contribution in [0.3, 0.4) is 0 Å². The largest absolute Gasteiger partial charge is 0.483 e. The summed E-state index contributed by atoms with van der Waals surface area (Å²) in [6.45, 7) is 3.12. The number of fused-ring (bicyclic) bond motifs is 1. The lowest BCUT2D eigenvalue weighted by Gasteiger charge is -2.37. The summed E-state index contributed by atoms with van der Waals surface area (Å²) in [7, 11) is 1.66. The van der Waals surface area contributed by atoms with E-state index in [-0.39, 0.29) is 79.4 Å². The smallest absolute Gasteiger partial charge is 0.416 e. The minimum atomic E-state index is -4.62. The van der Waals surface area contributed by atoms with Crippen molar-refractivity contribution in [3.8, 4) is 5.75 Å². The van der Waals surface area contributed by atoms with Gasteiger partial charge < -0.3 is 33.7 Å². The number of rotatable bonds is 10. The first-order valence-corrected chi connectivity index (χ1v) is 18.6. The Hall–Kier alpha value is -5.94. The molecule has 14 nitrogen and oxygen atoms in total. The SMILES string of the molecule is CCc1c(N2CCN(C(=O)c3c(OCc4ccccc4)c(=O)ccn3C)CC2)c(=O)n2nc(C3=CCOCC3)nc2n1CC(=O)Nc1ccc(C(F)(F)F)cc1Cl. The predicted octanol–water partition coefficient (Wildman–Crippen LogP) is 4.81. The number of halogens is 4. The van der Waals surface area contributed by atoms with Crippen LogP contribution in [0.5, 0.6) is 5.75 Å². The number of anilines is 2. The Bertz CT molecular complexity index is 2490. The van der Waals surface area contributed by atoms with Crippen molar-refractivity contribution in [1.82, 2.24) is 28.6 Å². The second-order valence-electron chi connectivity index (χ2n) is 13.5. The van der Waals surface area contributed by atoms with Crippen LogP contribution in [-0.2, 0) is 42.3 Å². The standard InChI is InChI=1S/C39H38ClF3N8O6/c1-3-29-32(48-15-17-49(18-16-48)36(54)33-34(30(52)11-14-47(33)2)57-23-24-7-5-4-6-8-24)37(55)51-38(45-35(46-51)25-12-19-56-20-13-25)50(29)22-31(53)44-28-10-9-26(21-27(28)40)39(41,42)43/h4-12,14,21H,3,13,15-20,22-23H2,1-2H3,(H,44,53). The molecule has 0 spiro atoms. The lowest BCUT2D eigenvalue weighted by Crippen LogP contribution is -2.51. The van der Waals surface area contributed by atoms with Crippen molar-refractivity contribution in [2.75, 3.05) is 49.6 Å². The van der Waals surface area contributed by atoms with Gasteiger partial charge in [0.15, 0.2) is 17.3 Å². The zero-order chi connectivity index (χ0) is 40.4. The van der Waals surface area contributed by atoms with Crippen LogP contribution in [0.4, 0.5) is 24.5 Å². The molecule has 2 aromatic carbocycles. The maximum atomic E-state index is 14.4. The van der Waals surface area contributed by atoms with Crippen LogP contribution < -0.4 is 25.9 Å². The Labute approximate surface area is 328 Å². The molecule has 3 aromatic heterocycles. The third kappa shape index (κ3) is 8.16. The molecule has 0 aliphatic carbocycles. The zero-order valence-corrected chi connectivity index (χ0v) is 31.8. The van der Waals surface area contributed by atoms with Gasteiger partial charge in [0.2, 0.25) is 17.1 Å². The molecule has 2 amide bonds. The number of aryl methyl sites for hydroxylation is 1. The van der Waals surface area contributed by atoms with E-state index in [1.165, 1.54) is 12.3 Å². The lowest BCUT2D eigenvalue weighted by atomic mass is 10.1. The summed E-state index contributed by atoms with van der Waals surface area (Å²) >= 11 is 6.15. The topological polar surface area (TPSA) is 145 Å². The third-order valence-electron chi connectivity index (χ3n) is 9.84. The molecule has 5 heterocycles. The number of carbonyl (C=O) groups excluding carboxylic acids is 2. The minimum absolute atomic E-state index is 0.0233. The van der Waals surface area contributed by atoms with Crippen LogP contribution in [0.15, 0.2) is 76.5 Å². The zero-order valence-electron chi connectivity index (χ0n) is 31.0. The number of piperazine rings is 1. The third-order valence-corrected chi connectivity index (χ3v) is 10.1. The molecule has 5 aromatic rings. The van der Waals surface area contributed by atoms with E-state index in [0.717, 1.165) is 33.9 Å². The normalized spacial score (nSPS) is 14.8. The van der Waals surface area contributed by atoms with Gasteiger partial charge in [-0.2, -0.15) is 22.7 Å². The Morgan fingerprint density at radius 2 is 1.79 bits per heavy atom. The first kappa shape index (κ1) is 39.3. The molecule has 0 radical (unpaired) electrons. The monoisotopic (exact) mass is 806 g/mol. The number of benzene rings is 2. The lowest BCUT2D eigenvalue weighted by molar-refractivity contribution is -0.137. The van der Waals surface area contributed by atoms with E-state index in [1.54, 1.807) is 21.1 Å². The molecule has 2 aliphatic rings. The quantitative estimate of drug-likeness (QED) is 0.210. The van der Waals surface area contributed by atoms with Gasteiger partial charge in [-0.1, -0.05) is 54.9 Å². The van der Waals surface area contributed by atoms with Gasteiger partial charge >= 0.3 is 6.18 Å². The highest BCUT2D eigenvalue weighted by Gasteiger charge is 2.33. The van der Waals surface area contributed by atoms with Crippen LogP contribution in [0, 0.1) is 0 Å². The Morgan fingerprint density at radius 3 is 2.46 bits per heavy atom. The molecule has 18 heteroatoms. The second kappa shape index (κ2) is 16.3. The van der Waals surface area contributed by atoms with E-state index in [0.29, 0.717) is 31.2 Å². The highest BCUT2D eigenvalue weighted by Crippen LogP contribution is 2.34. The van der Waals surface area contributed by atoms with Gasteiger partial charge in [0.05, 0.1) is 35.2 Å². The Morgan fingerprint density at radius 1 is 1.04 bits per heavy atom. The molecule has 1 N–H and O–H groups in total. The molecular formula is C39H38ClF3N8O6. The van der Waals surface area contributed by atoms with E-state index in [9.17, 15) is 32.3 Å². The molecule has 57 heavy (non-hydrogen) atoms. The maximum absolute atomic E-state index is 14.4. The maximum Gasteiger partial charge on any atom is 0.416 e. The van der Waals surface area contributed by atoms with Crippen molar-refractivity contribution in [3.63, 3.8) is 0 Å². The fourth-order valence-corrected chi connectivity index (χ4v) is 7.16. The van der Waals surface area contributed by atoms with Gasteiger partial charge in [-0.25, -0.2) is 0 Å². The summed E-state index contributed by atoms with van der Waals surface area (Å²) in [6.07, 6.45) is -0.499. The van der Waals surface area contributed by atoms with Gasteiger partial charge in [-0.05, 0) is 42.2 Å². The van der Waals surface area contributed by atoms with Gasteiger partial charge in [0.1, 0.15) is 18.8 Å². The number of nitrogens with zero attached hydrogens (tertiary/aromatic N) is 7. The van der Waals surface area contributed by atoms with Gasteiger partial charge in [0.25, 0.3) is 11.5 Å². The Balaban J connectivity index is 1.19. The summed E-state index contributed by atoms with van der Waals surface area (Å²) < 4.78 is 55.4. The number of nitrogens with one attached hydrogen (secondary N) is 1. The van der Waals surface area contributed by atoms with Crippen molar-refractivity contribution >= 4 is 46.1 Å². The van der Waals surface area contributed by atoms with E-state index in [4.69, 9.17) is 21.1 Å². The van der Waals surface area contributed by atoms with Crippen molar-refractivity contribution in [2.24, 2.45) is 7.05 Å². The van der Waals surface area contributed by atoms with Gasteiger partial charge in [-0.3, -0.25) is 19.2 Å². The molecule has 1 saturated heterocycles. The molecule has 1 fully saturated rings. The minimum Gasteiger partial charge on any atom is -0.483 e. The van der Waals surface area contributed by atoms with Crippen molar-refractivity contribution in [1.29, 1.82) is 0 Å². The molecule has 0 bridgehead atoms. The molecule has 2 aliphatic heterocycles. The predicted molar refractivity (Wildman–Crippen MR) is 206 cm³/mol. The highest BCUT2D eigenvalue weighted by molar-refractivity contribution is 6.33. The summed E-state index contributed by atoms with van der Waals surface area (Å²) in [5.74, 6) is -0.713. The van der Waals surface area contributed by atoms with Crippen molar-refractivity contribution < 1.29 is 32.2 Å². The van der Waals surface area contributed by atoms with Crippen LogP contribution >= 0.6 is 11.6 Å². The Kier molecular flexibility index (Phi) is 11.2. The highest BCUT2D eigenvalue weighted by atomic mass is 35.5. The number of carbonyl (C=O) groups is 2. The van der Waals surface area contributed by atoms with Crippen LogP contribution in [-0.4, -0.2) is 79.8 Å². The summed E-state index contributed by atoms with van der Waals surface area (Å²) in [6, 6.07) is 13.3. The molecule has 298 valence electrons. The van der Waals surface area contributed by atoms with Gasteiger partial charge in [0, 0.05) is 45.5 Å². The van der Waals surface area contributed by atoms with Crippen molar-refractivity contribution in [3.05, 3.63) is 121 Å². The van der Waals surface area contributed by atoms with E-state index < -0.39 is 34.5 Å². The number of hydrogen-bond donors (Lipinski definition) is 1. The van der Waals surface area contributed by atoms with Crippen molar-refractivity contribution in [2.45, 2.75) is 39.1 Å². The van der Waals surface area contributed by atoms with Gasteiger partial charge in [-0.15, -0.1) is 5.10 Å². The fraction of sp³-hybridized carbons (Fsp3) is 0.333. The second-order valence-corrected chi connectivity index (χ2v) is 13.9. The average molecular weight is 807 g/mol. The first-order valence-electron chi connectivity index (χ1n) is 18.2. The van der Waals surface area contributed by atoms with E-state index >= 15 is 0 Å². The number of aromatic nitrogens is 5. The molecule has 0 atom stereocenters. The van der Waals surface area contributed by atoms with E-state index in [1.807, 2.05) is 48.2 Å². The number of amides is 2. The summed E-state index contributed by atoms with van der Waals surface area (Å²) in [4.78, 5) is 63.1. The van der Waals surface area contributed by atoms with Crippen LogP contribution in [0.1, 0.15) is 46.5 Å². The number of alkyl halides is 3. The molecule has 7 rings (SSSR count). The van der Waals surface area contributed by atoms with E-state index in [2.05, 4.69) is 15.4 Å². The summed E-state index contributed by atoms with van der Waals surface area (Å²) in [5.41, 5.74) is 0.526. The van der Waals surface area contributed by atoms with Crippen LogP contribution in [0.25, 0.3) is 11.4 Å². The van der Waals surface area contributed by atoms with Crippen LogP contribution in [0.2, 0.25) is 5.02 Å². The molecule has 0 unspecified atom stereocenters. The number of pyridine rings is 1. The fourth-order valence-electron chi connectivity index (χ4n) is 6.93. The summed E-state index contributed by atoms with van der Waals surface area (Å²) in [5, 5.41) is 6.86.